The molecule has 2 aromatic heterocycles. The van der Waals surface area contributed by atoms with Gasteiger partial charge < -0.3 is 24.7 Å². The van der Waals surface area contributed by atoms with Crippen LogP contribution in [0.5, 0.6) is 11.5 Å². The minimum absolute atomic E-state index is 0.0426. The molecule has 3 aliphatic rings. The van der Waals surface area contributed by atoms with Gasteiger partial charge in [0.1, 0.15) is 16.3 Å². The first-order valence-electron chi connectivity index (χ1n) is 19.4. The number of piperidine rings is 2. The molecule has 2 N–H and O–H groups in total. The third-order valence-corrected chi connectivity index (χ3v) is 12.5. The van der Waals surface area contributed by atoms with Crippen LogP contribution in [-0.2, 0) is 27.4 Å². The number of amides is 2. The van der Waals surface area contributed by atoms with Crippen LogP contribution < -0.4 is 4.74 Å². The van der Waals surface area contributed by atoms with Gasteiger partial charge in [-0.3, -0.25) is 19.4 Å². The van der Waals surface area contributed by atoms with Gasteiger partial charge in [0.25, 0.3) is 5.91 Å². The largest absolute Gasteiger partial charge is 0.507 e. The number of alkyl halides is 6. The molecule has 3 aromatic rings. The summed E-state index contributed by atoms with van der Waals surface area (Å²) < 4.78 is 97.4. The molecule has 6 rings (SSSR count). The number of carbonyl (C=O) groups excluding carboxylic acids is 2. The Morgan fingerprint density at radius 3 is 2.27 bits per heavy atom. The first kappa shape index (κ1) is 45.2. The zero-order valence-electron chi connectivity index (χ0n) is 32.3. The van der Waals surface area contributed by atoms with Crippen LogP contribution in [0.4, 0.5) is 30.7 Å². The number of hydrogen-bond acceptors (Lipinski definition) is 8. The van der Waals surface area contributed by atoms with Crippen LogP contribution in [0.1, 0.15) is 104 Å². The van der Waals surface area contributed by atoms with Crippen LogP contribution in [0.3, 0.4) is 0 Å². The number of aromatic nitrogens is 1. The first-order valence-corrected chi connectivity index (χ1v) is 20.3. The quantitative estimate of drug-likeness (QED) is 0.144. The van der Waals surface area contributed by atoms with Crippen LogP contribution in [-0.4, -0.2) is 75.1 Å². The van der Waals surface area contributed by atoms with E-state index in [0.29, 0.717) is 74.3 Å². The van der Waals surface area contributed by atoms with E-state index in [1.807, 2.05) is 6.92 Å². The lowest BCUT2D eigenvalue weighted by molar-refractivity contribution is -0.155. The summed E-state index contributed by atoms with van der Waals surface area (Å²) in [6, 6.07) is 8.82. The van der Waals surface area contributed by atoms with E-state index in [9.17, 15) is 51.1 Å². The van der Waals surface area contributed by atoms with Crippen LogP contribution in [0, 0.1) is 28.5 Å². The van der Waals surface area contributed by atoms with Crippen molar-refractivity contribution < 1.29 is 60.1 Å². The molecule has 10 nitrogen and oxygen atoms in total. The van der Waals surface area contributed by atoms with Gasteiger partial charge in [0.05, 0.1) is 35.0 Å². The molecule has 2 aliphatic heterocycles. The van der Waals surface area contributed by atoms with E-state index in [-0.39, 0.29) is 56.5 Å². The summed E-state index contributed by atoms with van der Waals surface area (Å²) in [6.07, 6.45) is -2.71. The Hall–Kier alpha value is -4.92. The van der Waals surface area contributed by atoms with Crippen LogP contribution in [0.15, 0.2) is 48.0 Å². The molecule has 2 saturated heterocycles. The highest BCUT2D eigenvalue weighted by atomic mass is 32.1. The molecule has 1 aromatic carbocycles. The summed E-state index contributed by atoms with van der Waals surface area (Å²) in [5, 5.41) is 29.6. The van der Waals surface area contributed by atoms with Gasteiger partial charge in [0.2, 0.25) is 5.91 Å². The van der Waals surface area contributed by atoms with Gasteiger partial charge >= 0.3 is 18.3 Å². The van der Waals surface area contributed by atoms with Gasteiger partial charge in [0.15, 0.2) is 11.6 Å². The number of benzene rings is 1. The molecule has 0 spiro atoms. The van der Waals surface area contributed by atoms with Crippen molar-refractivity contribution in [1.82, 2.24) is 14.8 Å². The van der Waals surface area contributed by atoms with Crippen molar-refractivity contribution >= 4 is 29.1 Å². The van der Waals surface area contributed by atoms with Gasteiger partial charge in [-0.25, -0.2) is 4.39 Å². The second-order valence-electron chi connectivity index (χ2n) is 15.2. The van der Waals surface area contributed by atoms with E-state index < -0.39 is 69.0 Å². The number of halogens is 7. The molecule has 320 valence electrons. The lowest BCUT2D eigenvalue weighted by Crippen LogP contribution is -2.55. The van der Waals surface area contributed by atoms with Crippen molar-refractivity contribution in [3.05, 3.63) is 75.5 Å². The molecular formula is C41H45F7N4O6S. The maximum absolute atomic E-state index is 15.2. The van der Waals surface area contributed by atoms with Crippen molar-refractivity contribution in [3.8, 4) is 17.6 Å². The van der Waals surface area contributed by atoms with Crippen LogP contribution in [0.2, 0.25) is 0 Å². The van der Waals surface area contributed by atoms with Crippen molar-refractivity contribution in [2.45, 2.75) is 101 Å². The zero-order chi connectivity index (χ0) is 43.2. The number of carboxylic acid groups (broad SMARTS) is 1. The van der Waals surface area contributed by atoms with Crippen LogP contribution >= 0.6 is 11.3 Å². The third-order valence-electron chi connectivity index (χ3n) is 11.6. The molecule has 2 unspecified atom stereocenters. The molecule has 3 fully saturated rings. The SMILES string of the molecule is CCCC1C(C(=O)N2CCC(C#N)(c3cccc(F)c3OCCCC3(C(=O)O)CCC3)CC2)CCCN1C(=O)c1ncccc1C(F)(F)F.Oc1csc(C(F)(F)F)c1. The Kier molecular flexibility index (Phi) is 14.2. The van der Waals surface area contributed by atoms with Gasteiger partial charge in [0, 0.05) is 48.9 Å². The van der Waals surface area contributed by atoms with Gasteiger partial charge in [-0.1, -0.05) is 31.9 Å². The van der Waals surface area contributed by atoms with Crippen molar-refractivity contribution in [3.63, 3.8) is 0 Å². The fourth-order valence-electron chi connectivity index (χ4n) is 8.24. The third kappa shape index (κ3) is 10.1. The van der Waals surface area contributed by atoms with Crippen molar-refractivity contribution in [2.24, 2.45) is 11.3 Å². The number of para-hydroxylation sites is 1. The number of likely N-dealkylation sites (tertiary alicyclic amines) is 2. The molecule has 1 aliphatic carbocycles. The van der Waals surface area contributed by atoms with E-state index in [2.05, 4.69) is 11.1 Å². The number of carbonyl (C=O) groups is 3. The number of thiophene rings is 1. The number of nitriles is 1. The number of carboxylic acids is 1. The monoisotopic (exact) mass is 854 g/mol. The normalized spacial score (nSPS) is 20.1. The van der Waals surface area contributed by atoms with E-state index in [0.717, 1.165) is 30.1 Å². The topological polar surface area (TPSA) is 144 Å². The average Bonchev–Trinajstić information content (AvgIpc) is 3.64. The number of nitrogens with zero attached hydrogens (tertiary/aromatic N) is 4. The maximum atomic E-state index is 15.2. The van der Waals surface area contributed by atoms with Gasteiger partial charge in [-0.05, 0) is 76.0 Å². The van der Waals surface area contributed by atoms with E-state index in [4.69, 9.17) is 9.84 Å². The highest BCUT2D eigenvalue weighted by molar-refractivity contribution is 7.10. The molecule has 18 heteroatoms. The van der Waals surface area contributed by atoms with Crippen molar-refractivity contribution in [2.75, 3.05) is 26.2 Å². The minimum atomic E-state index is -4.77. The summed E-state index contributed by atoms with van der Waals surface area (Å²) in [4.78, 5) is 45.4. The summed E-state index contributed by atoms with van der Waals surface area (Å²) in [5.74, 6) is -3.54. The van der Waals surface area contributed by atoms with E-state index >= 15 is 4.39 Å². The summed E-state index contributed by atoms with van der Waals surface area (Å²) in [7, 11) is 0. The molecule has 59 heavy (non-hydrogen) atoms. The molecule has 0 bridgehead atoms. The predicted octanol–water partition coefficient (Wildman–Crippen LogP) is 9.23. The van der Waals surface area contributed by atoms with Gasteiger partial charge in [-0.15, -0.1) is 11.3 Å². The number of pyridine rings is 1. The molecule has 2 atom stereocenters. The number of aliphatic carboxylic acids is 1. The summed E-state index contributed by atoms with van der Waals surface area (Å²) in [5.41, 5.74) is -3.31. The number of ether oxygens (including phenoxy) is 1. The Morgan fingerprint density at radius 1 is 1.02 bits per heavy atom. The fraction of sp³-hybridized carbons (Fsp3) is 0.537. The van der Waals surface area contributed by atoms with Crippen molar-refractivity contribution in [1.29, 1.82) is 5.26 Å². The summed E-state index contributed by atoms with van der Waals surface area (Å²) in [6.45, 7) is 2.56. The minimum Gasteiger partial charge on any atom is -0.507 e. The Morgan fingerprint density at radius 2 is 1.73 bits per heavy atom. The number of aromatic hydroxyl groups is 1. The molecule has 4 heterocycles. The standard InChI is InChI=1S/C36H42F4N4O5.C5H3F3OS/c1-2-8-28-24(9-5-19-44(28)32(46)29-25(36(38,39)40)11-4-18-42-29)31(45)43-20-16-35(23-41,17-21-43)26-10-3-12-27(37)30(26)49-22-7-15-34(33(47)48)13-6-14-34;6-5(7,8)4-1-3(9)2-10-4/h3-4,10-12,18,24,28H,2,5-9,13-17,19-22H2,1H3,(H,47,48);1-2,9H. The zero-order valence-corrected chi connectivity index (χ0v) is 33.1. The lowest BCUT2D eigenvalue weighted by Gasteiger charge is -2.44. The second-order valence-corrected chi connectivity index (χ2v) is 16.1. The molecule has 2 amide bonds. The van der Waals surface area contributed by atoms with Crippen LogP contribution in [0.25, 0.3) is 0 Å². The van der Waals surface area contributed by atoms with Gasteiger partial charge in [-0.2, -0.15) is 31.6 Å². The predicted molar refractivity (Wildman–Crippen MR) is 201 cm³/mol. The number of rotatable bonds is 11. The summed E-state index contributed by atoms with van der Waals surface area (Å²) >= 11 is 0.481. The highest BCUT2D eigenvalue weighted by Gasteiger charge is 2.47. The number of hydrogen-bond donors (Lipinski definition) is 2. The molecule has 0 radical (unpaired) electrons. The second kappa shape index (κ2) is 18.6. The Bertz CT molecular complexity index is 2000. The fourth-order valence-corrected chi connectivity index (χ4v) is 8.88. The van der Waals surface area contributed by atoms with E-state index in [1.165, 1.54) is 17.0 Å². The smallest absolute Gasteiger partial charge is 0.425 e. The Labute approximate surface area is 340 Å². The van der Waals surface area contributed by atoms with E-state index in [1.54, 1.807) is 11.0 Å². The lowest BCUT2D eigenvalue weighted by atomic mass is 9.66. The molecular weight excluding hydrogens is 810 g/mol. The highest BCUT2D eigenvalue weighted by Crippen LogP contribution is 2.46. The maximum Gasteiger partial charge on any atom is 0.425 e. The Balaban J connectivity index is 0.000000578. The first-order chi connectivity index (χ1) is 27.9. The molecule has 1 saturated carbocycles. The average molecular weight is 855 g/mol.